The molecule has 0 fully saturated rings. The largest absolute Gasteiger partial charge is 0.459 e. The molecular weight excluding hydrogens is 296 g/mol. The predicted molar refractivity (Wildman–Crippen MR) is 75.1 cm³/mol. The first-order chi connectivity index (χ1) is 9.95. The average Bonchev–Trinajstić information content (AvgIpc) is 3.01. The van der Waals surface area contributed by atoms with Crippen LogP contribution in [0.25, 0.3) is 0 Å². The van der Waals surface area contributed by atoms with Crippen LogP contribution in [0.3, 0.4) is 0 Å². The number of hydrogen-bond donors (Lipinski definition) is 1. The first-order valence-electron chi connectivity index (χ1n) is 5.93. The number of furan rings is 1. The molecule has 1 aromatic heterocycles. The highest BCUT2D eigenvalue weighted by atomic mass is 32.2. The maximum absolute atomic E-state index is 12.0. The fraction of sp³-hybridized carbons (Fsp3) is 0.154. The van der Waals surface area contributed by atoms with Crippen LogP contribution >= 0.6 is 0 Å². The lowest BCUT2D eigenvalue weighted by atomic mass is 10.3. The molecule has 0 radical (unpaired) electrons. The molecule has 21 heavy (non-hydrogen) atoms. The Morgan fingerprint density at radius 1 is 1.24 bits per heavy atom. The number of amides is 1. The topological polar surface area (TPSA) is 88.9 Å². The maximum Gasteiger partial charge on any atom is 0.291 e. The van der Waals surface area contributed by atoms with E-state index in [1.807, 2.05) is 0 Å². The Labute approximate surface area is 122 Å². The van der Waals surface area contributed by atoms with E-state index in [-0.39, 0.29) is 10.7 Å². The van der Waals surface area contributed by atoms with Gasteiger partial charge in [0.25, 0.3) is 15.9 Å². The van der Waals surface area contributed by atoms with Gasteiger partial charge < -0.3 is 9.73 Å². The van der Waals surface area contributed by atoms with E-state index in [0.29, 0.717) is 5.69 Å². The van der Waals surface area contributed by atoms with Gasteiger partial charge in [-0.2, -0.15) is 0 Å². The van der Waals surface area contributed by atoms with E-state index in [2.05, 4.69) is 10.2 Å². The minimum Gasteiger partial charge on any atom is -0.459 e. The highest BCUT2D eigenvalue weighted by Gasteiger charge is 2.20. The zero-order chi connectivity index (χ0) is 15.5. The summed E-state index contributed by atoms with van der Waals surface area (Å²) >= 11 is 0. The van der Waals surface area contributed by atoms with Crippen molar-refractivity contribution in [1.29, 1.82) is 0 Å². The molecule has 0 unspecified atom stereocenters. The lowest BCUT2D eigenvalue weighted by Gasteiger charge is -2.14. The van der Waals surface area contributed by atoms with Crippen LogP contribution in [0.15, 0.2) is 52.0 Å². The molecule has 1 amide bonds. The maximum atomic E-state index is 12.0. The number of anilines is 1. The second kappa shape index (κ2) is 6.08. The highest BCUT2D eigenvalue weighted by molar-refractivity contribution is 7.89. The molecule has 0 spiro atoms. The molecule has 0 saturated carbocycles. The minimum absolute atomic E-state index is 0.0582. The SMILES string of the molecule is CON(C)S(=O)(=O)c1ccc(NC(=O)c2ccco2)cc1. The lowest BCUT2D eigenvalue weighted by molar-refractivity contribution is -0.0258. The molecule has 1 heterocycles. The van der Waals surface area contributed by atoms with Crippen LogP contribution in [-0.2, 0) is 14.9 Å². The monoisotopic (exact) mass is 310 g/mol. The summed E-state index contributed by atoms with van der Waals surface area (Å²) in [5.74, 6) is -0.240. The summed E-state index contributed by atoms with van der Waals surface area (Å²) < 4.78 is 29.7. The number of nitrogens with zero attached hydrogens (tertiary/aromatic N) is 1. The second-order valence-corrected chi connectivity index (χ2v) is 5.99. The summed E-state index contributed by atoms with van der Waals surface area (Å²) in [6.45, 7) is 0. The summed E-state index contributed by atoms with van der Waals surface area (Å²) in [6, 6.07) is 8.85. The molecule has 7 nitrogen and oxygen atoms in total. The van der Waals surface area contributed by atoms with Crippen molar-refractivity contribution in [2.45, 2.75) is 4.90 Å². The molecule has 2 rings (SSSR count). The number of hydrogen-bond acceptors (Lipinski definition) is 5. The van der Waals surface area contributed by atoms with E-state index < -0.39 is 15.9 Å². The van der Waals surface area contributed by atoms with Gasteiger partial charge in [-0.3, -0.25) is 9.63 Å². The number of carbonyl (C=O) groups excluding carboxylic acids is 1. The third-order valence-corrected chi connectivity index (χ3v) is 4.44. The normalized spacial score (nSPS) is 11.6. The molecule has 2 aromatic rings. The van der Waals surface area contributed by atoms with Crippen molar-refractivity contribution in [1.82, 2.24) is 4.47 Å². The number of nitrogens with one attached hydrogen (secondary N) is 1. The first kappa shape index (κ1) is 15.2. The van der Waals surface area contributed by atoms with Gasteiger partial charge in [-0.1, -0.05) is 4.47 Å². The van der Waals surface area contributed by atoms with Crippen LogP contribution in [0.1, 0.15) is 10.6 Å². The molecule has 0 aliphatic rings. The molecule has 1 N–H and O–H groups in total. The number of hydroxylamine groups is 1. The molecule has 0 aliphatic heterocycles. The summed E-state index contributed by atoms with van der Waals surface area (Å²) in [5.41, 5.74) is 0.454. The molecule has 0 atom stereocenters. The van der Waals surface area contributed by atoms with Crippen molar-refractivity contribution in [2.75, 3.05) is 19.5 Å². The lowest BCUT2D eigenvalue weighted by Crippen LogP contribution is -2.25. The predicted octanol–water partition coefficient (Wildman–Crippen LogP) is 1.71. The number of carbonyl (C=O) groups is 1. The van der Waals surface area contributed by atoms with E-state index in [9.17, 15) is 13.2 Å². The van der Waals surface area contributed by atoms with Crippen LogP contribution in [0.4, 0.5) is 5.69 Å². The van der Waals surface area contributed by atoms with Gasteiger partial charge >= 0.3 is 0 Å². The van der Waals surface area contributed by atoms with Crippen LogP contribution < -0.4 is 5.32 Å². The highest BCUT2D eigenvalue weighted by Crippen LogP contribution is 2.18. The zero-order valence-electron chi connectivity index (χ0n) is 11.4. The van der Waals surface area contributed by atoms with E-state index >= 15 is 0 Å². The quantitative estimate of drug-likeness (QED) is 0.849. The van der Waals surface area contributed by atoms with Gasteiger partial charge in [-0.15, -0.1) is 0 Å². The van der Waals surface area contributed by atoms with Crippen molar-refractivity contribution in [3.63, 3.8) is 0 Å². The van der Waals surface area contributed by atoms with Crippen LogP contribution in [-0.4, -0.2) is 33.0 Å². The van der Waals surface area contributed by atoms with E-state index in [4.69, 9.17) is 4.42 Å². The van der Waals surface area contributed by atoms with Gasteiger partial charge in [0.1, 0.15) is 0 Å². The molecule has 0 aliphatic carbocycles. The molecule has 0 bridgehead atoms. The van der Waals surface area contributed by atoms with Crippen molar-refractivity contribution < 1.29 is 22.5 Å². The Morgan fingerprint density at radius 2 is 1.90 bits per heavy atom. The summed E-state index contributed by atoms with van der Waals surface area (Å²) in [7, 11) is -1.14. The van der Waals surface area contributed by atoms with Gasteiger partial charge in [0.2, 0.25) is 0 Å². The van der Waals surface area contributed by atoms with Crippen LogP contribution in [0.2, 0.25) is 0 Å². The van der Waals surface area contributed by atoms with Crippen molar-refractivity contribution in [3.8, 4) is 0 Å². The second-order valence-electron chi connectivity index (χ2n) is 4.05. The Hall–Kier alpha value is -2.16. The number of rotatable bonds is 5. The van der Waals surface area contributed by atoms with Crippen molar-refractivity contribution in [3.05, 3.63) is 48.4 Å². The Morgan fingerprint density at radius 3 is 2.43 bits per heavy atom. The van der Waals surface area contributed by atoms with Gasteiger partial charge in [0.05, 0.1) is 18.3 Å². The third-order valence-electron chi connectivity index (χ3n) is 2.75. The van der Waals surface area contributed by atoms with Gasteiger partial charge in [-0.25, -0.2) is 8.42 Å². The number of sulfonamides is 1. The van der Waals surface area contributed by atoms with E-state index in [0.717, 1.165) is 4.47 Å². The number of benzene rings is 1. The average molecular weight is 310 g/mol. The zero-order valence-corrected chi connectivity index (χ0v) is 12.3. The molecule has 0 saturated heterocycles. The van der Waals surface area contributed by atoms with Crippen molar-refractivity contribution >= 4 is 21.6 Å². The Bertz CT molecular complexity index is 708. The standard InChI is InChI=1S/C13H14N2O5S/c1-15(19-2)21(17,18)11-7-5-10(6-8-11)14-13(16)12-4-3-9-20-12/h3-9H,1-2H3,(H,14,16). The fourth-order valence-electron chi connectivity index (χ4n) is 1.56. The summed E-state index contributed by atoms with van der Waals surface area (Å²) in [5, 5.41) is 2.59. The molecular formula is C13H14N2O5S. The van der Waals surface area contributed by atoms with E-state index in [1.165, 1.54) is 50.8 Å². The van der Waals surface area contributed by atoms with Gasteiger partial charge in [-0.05, 0) is 36.4 Å². The third kappa shape index (κ3) is 3.30. The molecule has 8 heteroatoms. The van der Waals surface area contributed by atoms with Crippen LogP contribution in [0.5, 0.6) is 0 Å². The smallest absolute Gasteiger partial charge is 0.291 e. The van der Waals surface area contributed by atoms with Crippen molar-refractivity contribution in [2.24, 2.45) is 0 Å². The molecule has 1 aromatic carbocycles. The van der Waals surface area contributed by atoms with E-state index in [1.54, 1.807) is 6.07 Å². The first-order valence-corrected chi connectivity index (χ1v) is 7.37. The summed E-state index contributed by atoms with van der Waals surface area (Å²) in [6.07, 6.45) is 1.39. The van der Waals surface area contributed by atoms with Crippen LogP contribution in [0, 0.1) is 0 Å². The van der Waals surface area contributed by atoms with Gasteiger partial charge in [0.15, 0.2) is 5.76 Å². The van der Waals surface area contributed by atoms with Gasteiger partial charge in [0, 0.05) is 12.7 Å². The fourth-order valence-corrected chi connectivity index (χ4v) is 2.53. The Kier molecular flexibility index (Phi) is 4.41. The Balaban J connectivity index is 2.15. The summed E-state index contributed by atoms with van der Waals surface area (Å²) in [4.78, 5) is 16.5. The molecule has 112 valence electrons. The minimum atomic E-state index is -3.70.